The van der Waals surface area contributed by atoms with Crippen molar-refractivity contribution in [1.29, 1.82) is 0 Å². The van der Waals surface area contributed by atoms with Crippen LogP contribution in [0.3, 0.4) is 0 Å². The maximum atomic E-state index is 11.3. The molecule has 0 aliphatic rings. The quantitative estimate of drug-likeness (QED) is 0.600. The Morgan fingerprint density at radius 3 is 2.20 bits per heavy atom. The molecule has 0 heterocycles. The molecule has 0 radical (unpaired) electrons. The number of nitro groups is 1. The van der Waals surface area contributed by atoms with Crippen molar-refractivity contribution in [3.8, 4) is 11.5 Å². The Labute approximate surface area is 116 Å². The molecule has 0 aromatic heterocycles. The first-order valence-electron chi connectivity index (χ1n) is 5.71. The van der Waals surface area contributed by atoms with Crippen molar-refractivity contribution in [3.63, 3.8) is 0 Å². The fraction of sp³-hybridized carbons (Fsp3) is 0.417. The molecule has 1 amide bonds. The first-order chi connectivity index (χ1) is 9.22. The van der Waals surface area contributed by atoms with Crippen LogP contribution in [0.5, 0.6) is 11.5 Å². The summed E-state index contributed by atoms with van der Waals surface area (Å²) in [5.41, 5.74) is 3.98. The first-order valence-corrected chi connectivity index (χ1v) is 5.71. The molecule has 0 aliphatic heterocycles. The van der Waals surface area contributed by atoms with Gasteiger partial charge in [-0.1, -0.05) is 0 Å². The van der Waals surface area contributed by atoms with Crippen LogP contribution in [0.2, 0.25) is 0 Å². The van der Waals surface area contributed by atoms with Crippen LogP contribution in [0, 0.1) is 10.1 Å². The minimum atomic E-state index is -1.15. The number of carbonyl (C=O) groups is 1. The van der Waals surface area contributed by atoms with E-state index in [0.29, 0.717) is 5.75 Å². The second-order valence-electron chi connectivity index (χ2n) is 4.60. The van der Waals surface area contributed by atoms with E-state index in [1.54, 1.807) is 0 Å². The third-order valence-electron chi connectivity index (χ3n) is 2.76. The van der Waals surface area contributed by atoms with E-state index in [1.165, 1.54) is 40.2 Å². The number of amides is 1. The molecule has 0 fully saturated rings. The van der Waals surface area contributed by atoms with Crippen LogP contribution in [0.15, 0.2) is 12.1 Å². The van der Waals surface area contributed by atoms with Gasteiger partial charge in [0.25, 0.3) is 5.69 Å². The third kappa shape index (κ3) is 3.08. The molecule has 0 bridgehead atoms. The monoisotopic (exact) mass is 283 g/mol. The van der Waals surface area contributed by atoms with Gasteiger partial charge >= 0.3 is 0 Å². The molecular weight excluding hydrogens is 266 g/mol. The number of benzene rings is 1. The average molecular weight is 283 g/mol. The van der Waals surface area contributed by atoms with Crippen LogP contribution in [-0.2, 0) is 4.79 Å². The molecular formula is C12H17N3O5. The van der Waals surface area contributed by atoms with Crippen molar-refractivity contribution in [3.05, 3.63) is 22.2 Å². The number of nitrogens with one attached hydrogen (secondary N) is 1. The molecule has 0 aliphatic carbocycles. The van der Waals surface area contributed by atoms with Crippen molar-refractivity contribution in [2.45, 2.75) is 19.4 Å². The Balaban J connectivity index is 3.36. The third-order valence-corrected chi connectivity index (χ3v) is 2.76. The predicted molar refractivity (Wildman–Crippen MR) is 73.1 cm³/mol. The summed E-state index contributed by atoms with van der Waals surface area (Å²) in [6, 6.07) is 2.61. The van der Waals surface area contributed by atoms with Gasteiger partial charge in [-0.2, -0.15) is 0 Å². The molecule has 0 atom stereocenters. The van der Waals surface area contributed by atoms with Gasteiger partial charge in [0, 0.05) is 6.07 Å². The van der Waals surface area contributed by atoms with Crippen LogP contribution >= 0.6 is 0 Å². The minimum absolute atomic E-state index is 0.122. The summed E-state index contributed by atoms with van der Waals surface area (Å²) in [7, 11) is 2.79. The second kappa shape index (κ2) is 5.64. The Bertz CT molecular complexity index is 542. The van der Waals surface area contributed by atoms with Crippen LogP contribution in [0.25, 0.3) is 0 Å². The molecule has 1 aromatic carbocycles. The Hall–Kier alpha value is -2.51. The van der Waals surface area contributed by atoms with Crippen molar-refractivity contribution < 1.29 is 19.2 Å². The molecule has 0 unspecified atom stereocenters. The van der Waals surface area contributed by atoms with Crippen LogP contribution in [-0.4, -0.2) is 30.6 Å². The SMILES string of the molecule is COc1cc(NC(C)(C)C(N)=O)c([N+](=O)[O-])cc1OC. The normalized spacial score (nSPS) is 10.8. The van der Waals surface area contributed by atoms with Crippen LogP contribution in [0.4, 0.5) is 11.4 Å². The minimum Gasteiger partial charge on any atom is -0.493 e. The number of nitrogens with zero attached hydrogens (tertiary/aromatic N) is 1. The van der Waals surface area contributed by atoms with Gasteiger partial charge in [0.05, 0.1) is 25.2 Å². The van der Waals surface area contributed by atoms with E-state index in [0.717, 1.165) is 0 Å². The number of hydrogen-bond donors (Lipinski definition) is 2. The standard InChI is InChI=1S/C12H17N3O5/c1-12(2,11(13)16)14-7-5-9(19-3)10(20-4)6-8(7)15(17)18/h5-6,14H,1-4H3,(H2,13,16). The highest BCUT2D eigenvalue weighted by atomic mass is 16.6. The molecule has 1 rings (SSSR count). The predicted octanol–water partition coefficient (Wildman–Crippen LogP) is 1.29. The van der Waals surface area contributed by atoms with Crippen molar-refractivity contribution in [2.24, 2.45) is 5.73 Å². The molecule has 110 valence electrons. The van der Waals surface area contributed by atoms with E-state index in [1.807, 2.05) is 0 Å². The summed E-state index contributed by atoms with van der Waals surface area (Å²) in [5, 5.41) is 13.8. The fourth-order valence-corrected chi connectivity index (χ4v) is 1.52. The van der Waals surface area contributed by atoms with E-state index < -0.39 is 16.4 Å². The lowest BCUT2D eigenvalue weighted by atomic mass is 10.0. The van der Waals surface area contributed by atoms with Gasteiger partial charge in [0.2, 0.25) is 5.91 Å². The number of carbonyl (C=O) groups excluding carboxylic acids is 1. The molecule has 8 nitrogen and oxygen atoms in total. The average Bonchev–Trinajstić information content (AvgIpc) is 2.37. The molecule has 20 heavy (non-hydrogen) atoms. The van der Waals surface area contributed by atoms with Crippen LogP contribution in [0.1, 0.15) is 13.8 Å². The van der Waals surface area contributed by atoms with Gasteiger partial charge in [-0.25, -0.2) is 0 Å². The molecule has 0 saturated heterocycles. The maximum Gasteiger partial charge on any atom is 0.296 e. The molecule has 1 aromatic rings. The Morgan fingerprint density at radius 1 is 1.30 bits per heavy atom. The summed E-state index contributed by atoms with van der Waals surface area (Å²) in [5.74, 6) is -0.107. The maximum absolute atomic E-state index is 11.3. The van der Waals surface area contributed by atoms with Crippen molar-refractivity contribution >= 4 is 17.3 Å². The summed E-state index contributed by atoms with van der Waals surface area (Å²) in [6.07, 6.45) is 0. The number of hydrogen-bond acceptors (Lipinski definition) is 6. The van der Waals surface area contributed by atoms with E-state index in [2.05, 4.69) is 5.32 Å². The number of methoxy groups -OCH3 is 2. The smallest absolute Gasteiger partial charge is 0.296 e. The van der Waals surface area contributed by atoms with Gasteiger partial charge in [0.1, 0.15) is 11.2 Å². The zero-order valence-electron chi connectivity index (χ0n) is 11.7. The number of ether oxygens (including phenoxy) is 2. The van der Waals surface area contributed by atoms with E-state index >= 15 is 0 Å². The fourth-order valence-electron chi connectivity index (χ4n) is 1.52. The number of nitrogens with two attached hydrogens (primary N) is 1. The van der Waals surface area contributed by atoms with E-state index in [-0.39, 0.29) is 17.1 Å². The van der Waals surface area contributed by atoms with Gasteiger partial charge in [-0.15, -0.1) is 0 Å². The van der Waals surface area contributed by atoms with Gasteiger partial charge < -0.3 is 20.5 Å². The van der Waals surface area contributed by atoms with Crippen molar-refractivity contribution in [1.82, 2.24) is 0 Å². The zero-order chi connectivity index (χ0) is 15.5. The highest BCUT2D eigenvalue weighted by Crippen LogP contribution is 2.38. The number of nitro benzene ring substituents is 1. The summed E-state index contributed by atoms with van der Waals surface area (Å²) >= 11 is 0. The largest absolute Gasteiger partial charge is 0.493 e. The zero-order valence-corrected chi connectivity index (χ0v) is 11.7. The lowest BCUT2D eigenvalue weighted by Gasteiger charge is -2.24. The van der Waals surface area contributed by atoms with Gasteiger partial charge in [-0.05, 0) is 13.8 Å². The number of primary amides is 1. The highest BCUT2D eigenvalue weighted by molar-refractivity contribution is 5.88. The Morgan fingerprint density at radius 2 is 1.80 bits per heavy atom. The lowest BCUT2D eigenvalue weighted by Crippen LogP contribution is -2.45. The summed E-state index contributed by atoms with van der Waals surface area (Å²) in [6.45, 7) is 3.05. The first kappa shape index (κ1) is 15.5. The van der Waals surface area contributed by atoms with Crippen LogP contribution < -0.4 is 20.5 Å². The molecule has 0 spiro atoms. The van der Waals surface area contributed by atoms with E-state index in [4.69, 9.17) is 15.2 Å². The second-order valence-corrected chi connectivity index (χ2v) is 4.60. The Kier molecular flexibility index (Phi) is 4.38. The lowest BCUT2D eigenvalue weighted by molar-refractivity contribution is -0.384. The van der Waals surface area contributed by atoms with Crippen molar-refractivity contribution in [2.75, 3.05) is 19.5 Å². The molecule has 3 N–H and O–H groups in total. The van der Waals surface area contributed by atoms with Gasteiger partial charge in [-0.3, -0.25) is 14.9 Å². The summed E-state index contributed by atoms with van der Waals surface area (Å²) in [4.78, 5) is 21.8. The number of rotatable bonds is 6. The van der Waals surface area contributed by atoms with Gasteiger partial charge in [0.15, 0.2) is 11.5 Å². The summed E-state index contributed by atoms with van der Waals surface area (Å²) < 4.78 is 10.1. The van der Waals surface area contributed by atoms with E-state index in [9.17, 15) is 14.9 Å². The number of anilines is 1. The highest BCUT2D eigenvalue weighted by Gasteiger charge is 2.29. The molecule has 0 saturated carbocycles. The molecule has 8 heteroatoms. The topological polar surface area (TPSA) is 117 Å².